The number of hydrogen-bond donors (Lipinski definition) is 2. The van der Waals surface area contributed by atoms with Crippen molar-refractivity contribution in [3.8, 4) is 11.5 Å². The van der Waals surface area contributed by atoms with E-state index >= 15 is 0 Å². The molecule has 0 bridgehead atoms. The number of Topliss-reactive ketones (excluding diaryl/α,β-unsaturated/α-hetero) is 1. The van der Waals surface area contributed by atoms with Gasteiger partial charge in [0, 0.05) is 54.5 Å². The molecule has 3 aliphatic rings. The second kappa shape index (κ2) is 9.01. The van der Waals surface area contributed by atoms with E-state index in [-0.39, 0.29) is 78.3 Å². The second-order valence-corrected chi connectivity index (χ2v) is 10.5. The predicted octanol–water partition coefficient (Wildman–Crippen LogP) is 5.03. The van der Waals surface area contributed by atoms with Crippen LogP contribution in [0.1, 0.15) is 54.4 Å². The first-order chi connectivity index (χ1) is 14.4. The topological polar surface area (TPSA) is 66.8 Å². The van der Waals surface area contributed by atoms with Crippen LogP contribution in [0.2, 0.25) is 0 Å². The van der Waals surface area contributed by atoms with E-state index in [1.54, 1.807) is 31.0 Å². The van der Waals surface area contributed by atoms with Crippen molar-refractivity contribution in [2.75, 3.05) is 7.11 Å². The molecule has 6 atom stereocenters. The van der Waals surface area contributed by atoms with Gasteiger partial charge in [-0.05, 0) is 90.8 Å². The van der Waals surface area contributed by atoms with Crippen LogP contribution in [0.25, 0.3) is 0 Å². The zero-order chi connectivity index (χ0) is 21.0. The number of methoxy groups -OCH3 is 1. The van der Waals surface area contributed by atoms with Crippen LogP contribution < -0.4 is 4.74 Å². The van der Waals surface area contributed by atoms with Crippen molar-refractivity contribution in [2.24, 2.45) is 17.3 Å². The van der Waals surface area contributed by atoms with E-state index in [0.717, 1.165) is 41.7 Å². The molecule has 6 heteroatoms. The van der Waals surface area contributed by atoms with Crippen LogP contribution in [0.4, 0.5) is 0 Å². The summed E-state index contributed by atoms with van der Waals surface area (Å²) >= 11 is 1.61. The molecular weight excluding hydrogens is 623 g/mol. The van der Waals surface area contributed by atoms with Crippen molar-refractivity contribution in [1.82, 2.24) is 0 Å². The van der Waals surface area contributed by atoms with Gasteiger partial charge >= 0.3 is 0 Å². The Bertz CT molecular complexity index is 978. The monoisotopic (exact) mass is 651 g/mol. The molecule has 2 fully saturated rings. The third kappa shape index (κ3) is 3.90. The fraction of sp³-hybridized carbons (Fsp3) is 0.480. The Labute approximate surface area is 223 Å². The summed E-state index contributed by atoms with van der Waals surface area (Å²) in [6.07, 6.45) is 3.51. The van der Waals surface area contributed by atoms with Gasteiger partial charge in [0.05, 0.1) is 18.5 Å². The maximum atomic E-state index is 13.8. The molecule has 0 saturated heterocycles. The summed E-state index contributed by atoms with van der Waals surface area (Å²) < 4.78 is 5.41. The van der Waals surface area contributed by atoms with Crippen molar-refractivity contribution < 1.29 is 63.8 Å². The molecule has 0 spiro atoms. The quantitative estimate of drug-likeness (QED) is 0.488. The van der Waals surface area contributed by atoms with Crippen LogP contribution >= 0.6 is 11.8 Å². The van der Waals surface area contributed by atoms with Gasteiger partial charge in [0.15, 0.2) is 5.78 Å². The summed E-state index contributed by atoms with van der Waals surface area (Å²) in [5, 5.41) is 20.2. The number of ether oxygens (including phenoxy) is 1. The van der Waals surface area contributed by atoms with Crippen molar-refractivity contribution >= 4 is 17.5 Å². The van der Waals surface area contributed by atoms with Crippen LogP contribution in [0.15, 0.2) is 47.4 Å². The van der Waals surface area contributed by atoms with Gasteiger partial charge in [0.2, 0.25) is 0 Å². The number of hydrogen-bond acceptors (Lipinski definition) is 5. The number of benzene rings is 2. The number of aliphatic hydroxyl groups excluding tert-OH is 1. The largest absolute Gasteiger partial charge is 0.508 e. The molecule has 2 aromatic rings. The zero-order valence-electron chi connectivity index (χ0n) is 18.0. The molecule has 0 heterocycles. The molecule has 2 aromatic carbocycles. The third-order valence-corrected chi connectivity index (χ3v) is 9.24. The minimum absolute atomic E-state index is 0. The number of carbonyl (C=O) groups excluding carboxylic acids is 1. The van der Waals surface area contributed by atoms with E-state index in [4.69, 9.17) is 4.74 Å². The maximum absolute atomic E-state index is 13.8. The first-order valence-electron chi connectivity index (χ1n) is 10.8. The van der Waals surface area contributed by atoms with Gasteiger partial charge < -0.3 is 14.9 Å². The predicted molar refractivity (Wildman–Crippen MR) is 117 cm³/mol. The van der Waals surface area contributed by atoms with E-state index in [1.165, 1.54) is 0 Å². The molecule has 1 radical (unpaired) electrons. The van der Waals surface area contributed by atoms with Crippen molar-refractivity contribution in [1.29, 1.82) is 0 Å². The fourth-order valence-electron chi connectivity index (χ4n) is 6.28. The van der Waals surface area contributed by atoms with Crippen molar-refractivity contribution in [3.63, 3.8) is 0 Å². The Hall–Kier alpha value is -0.538. The minimum Gasteiger partial charge on any atom is -0.508 e. The number of ketones is 1. The van der Waals surface area contributed by atoms with Gasteiger partial charge in [-0.3, -0.25) is 4.79 Å². The molecule has 0 amide bonds. The molecule has 161 valence electrons. The summed E-state index contributed by atoms with van der Waals surface area (Å²) in [5.74, 6) is 1.96. The fourth-order valence-corrected chi connectivity index (χ4v) is 7.64. The Morgan fingerprint density at radius 3 is 2.55 bits per heavy atom. The van der Waals surface area contributed by atoms with Crippen LogP contribution in [0.3, 0.4) is 0 Å². The van der Waals surface area contributed by atoms with Crippen LogP contribution in [0.5, 0.6) is 11.5 Å². The van der Waals surface area contributed by atoms with Crippen LogP contribution in [-0.4, -0.2) is 34.5 Å². The smallest absolute Gasteiger partial charge is 0.176 e. The molecule has 5 rings (SSSR count). The number of phenolic OH excluding ortho intramolecular Hbond substituents is 1. The molecule has 3 aliphatic carbocycles. The summed E-state index contributed by atoms with van der Waals surface area (Å²) in [4.78, 5) is 14.8. The minimum atomic E-state index is -0.282. The van der Waals surface area contributed by atoms with E-state index < -0.39 is 0 Å². The number of aromatic hydroxyl groups is 1. The third-order valence-electron chi connectivity index (χ3n) is 7.92. The molecule has 2 saturated carbocycles. The SMILES string of the molecule is COc1ccc2c(c1)C(=O)C(Sc1ccc(O)cc1)C1C2CCC2(C)C(O)CCC12.[Ac]. The van der Waals surface area contributed by atoms with E-state index in [1.807, 2.05) is 24.3 Å². The molecule has 31 heavy (non-hydrogen) atoms. The Kier molecular flexibility index (Phi) is 6.86. The van der Waals surface area contributed by atoms with E-state index in [0.29, 0.717) is 17.6 Å². The van der Waals surface area contributed by atoms with Gasteiger partial charge in [0.25, 0.3) is 0 Å². The standard InChI is InChI=1S/C25H28O4S.Ac/c1-25-12-11-18-17-8-5-15(29-2)13-19(17)23(28)24(22(18)20(25)9-10-21(25)27)30-16-6-3-14(26)4-7-16;/h3-8,13,18,20-22,24,26-27H,9-12H2,1-2H3;. The maximum Gasteiger partial charge on any atom is 0.176 e. The average Bonchev–Trinajstić information content (AvgIpc) is 3.06. The van der Waals surface area contributed by atoms with Crippen molar-refractivity contribution in [3.05, 3.63) is 53.6 Å². The van der Waals surface area contributed by atoms with Gasteiger partial charge in [-0.2, -0.15) is 0 Å². The van der Waals surface area contributed by atoms with Crippen molar-refractivity contribution in [2.45, 2.75) is 54.8 Å². The second-order valence-electron chi connectivity index (χ2n) is 9.28. The van der Waals surface area contributed by atoms with E-state index in [9.17, 15) is 15.0 Å². The van der Waals surface area contributed by atoms with Gasteiger partial charge in [-0.1, -0.05) is 13.0 Å². The number of aliphatic hydroxyl groups is 1. The normalized spacial score (nSPS) is 33.6. The van der Waals surface area contributed by atoms with Gasteiger partial charge in [-0.15, -0.1) is 11.8 Å². The van der Waals surface area contributed by atoms with Gasteiger partial charge in [-0.25, -0.2) is 0 Å². The molecule has 0 aromatic heterocycles. The summed E-state index contributed by atoms with van der Waals surface area (Å²) in [7, 11) is 1.63. The number of fused-ring (bicyclic) bond motifs is 5. The zero-order valence-corrected chi connectivity index (χ0v) is 23.5. The summed E-state index contributed by atoms with van der Waals surface area (Å²) in [6, 6.07) is 13.1. The number of rotatable bonds is 3. The molecule has 0 aliphatic heterocycles. The number of carbonyl (C=O) groups is 1. The Morgan fingerprint density at radius 2 is 1.84 bits per heavy atom. The van der Waals surface area contributed by atoms with E-state index in [2.05, 4.69) is 13.0 Å². The Balaban J connectivity index is 0.00000231. The number of thioether (sulfide) groups is 1. The summed E-state index contributed by atoms with van der Waals surface area (Å²) in [5.41, 5.74) is 1.82. The average molecular weight is 652 g/mol. The summed E-state index contributed by atoms with van der Waals surface area (Å²) in [6.45, 7) is 2.22. The van der Waals surface area contributed by atoms with Gasteiger partial charge in [0.1, 0.15) is 11.5 Å². The number of phenols is 1. The Morgan fingerprint density at radius 1 is 1.10 bits per heavy atom. The molecule has 6 unspecified atom stereocenters. The van der Waals surface area contributed by atoms with Crippen LogP contribution in [-0.2, 0) is 0 Å². The molecule has 4 nitrogen and oxygen atoms in total. The first kappa shape index (κ1) is 23.6. The first-order valence-corrected chi connectivity index (χ1v) is 11.7. The molecule has 2 N–H and O–H groups in total. The van der Waals surface area contributed by atoms with Crippen LogP contribution in [0, 0.1) is 61.3 Å². The molecular formula is C25H28AcO4S.